The van der Waals surface area contributed by atoms with E-state index >= 15 is 0 Å². The molecule has 9 nitrogen and oxygen atoms in total. The molecular weight excluding hydrogens is 308 g/mol. The van der Waals surface area contributed by atoms with Gasteiger partial charge in [0.1, 0.15) is 0 Å². The van der Waals surface area contributed by atoms with Crippen molar-refractivity contribution in [2.45, 2.75) is 13.0 Å². The molecule has 9 heteroatoms. The third-order valence-corrected chi connectivity index (χ3v) is 3.31. The Morgan fingerprint density at radius 3 is 2.54 bits per heavy atom. The fourth-order valence-electron chi connectivity index (χ4n) is 2.20. The lowest BCUT2D eigenvalue weighted by Gasteiger charge is -2.08. The maximum atomic E-state index is 10.9. The van der Waals surface area contributed by atoms with E-state index in [2.05, 4.69) is 25.3 Å². The lowest BCUT2D eigenvalue weighted by Crippen LogP contribution is -2.13. The first-order valence-corrected chi connectivity index (χ1v) is 7.17. The highest BCUT2D eigenvalue weighted by molar-refractivity contribution is 5.81. The molecule has 1 amide bonds. The molecule has 2 heterocycles. The Hall–Kier alpha value is -3.49. The number of rotatable bonds is 5. The van der Waals surface area contributed by atoms with Crippen molar-refractivity contribution >= 4 is 34.5 Å². The van der Waals surface area contributed by atoms with E-state index in [0.717, 1.165) is 11.3 Å². The van der Waals surface area contributed by atoms with E-state index in [0.29, 0.717) is 23.4 Å². The predicted molar refractivity (Wildman–Crippen MR) is 90.6 cm³/mol. The van der Waals surface area contributed by atoms with Gasteiger partial charge in [0, 0.05) is 5.69 Å². The van der Waals surface area contributed by atoms with Crippen LogP contribution in [0.5, 0.6) is 0 Å². The first-order chi connectivity index (χ1) is 11.5. The Labute approximate surface area is 137 Å². The maximum absolute atomic E-state index is 10.9. The van der Waals surface area contributed by atoms with Crippen LogP contribution in [-0.2, 0) is 17.8 Å². The number of anilines is 3. The number of carbonyl (C=O) groups is 1. The summed E-state index contributed by atoms with van der Waals surface area (Å²) in [6.07, 6.45) is 1.82. The highest BCUT2D eigenvalue weighted by atomic mass is 16.1. The van der Waals surface area contributed by atoms with Gasteiger partial charge in [-0.3, -0.25) is 4.79 Å². The summed E-state index contributed by atoms with van der Waals surface area (Å²) in [5.74, 6) is -0.0959. The number of nitrogens with one attached hydrogen (secondary N) is 1. The summed E-state index contributed by atoms with van der Waals surface area (Å²) in [5.41, 5.74) is 19.7. The van der Waals surface area contributed by atoms with E-state index < -0.39 is 0 Å². The van der Waals surface area contributed by atoms with Crippen LogP contribution in [0.3, 0.4) is 0 Å². The lowest BCUT2D eigenvalue weighted by molar-refractivity contribution is -0.117. The van der Waals surface area contributed by atoms with Gasteiger partial charge in [0.2, 0.25) is 11.9 Å². The smallest absolute Gasteiger partial charge is 0.224 e. The fourth-order valence-corrected chi connectivity index (χ4v) is 2.20. The molecule has 1 aromatic carbocycles. The second-order valence-electron chi connectivity index (χ2n) is 5.19. The van der Waals surface area contributed by atoms with Crippen molar-refractivity contribution in [3.63, 3.8) is 0 Å². The molecule has 122 valence electrons. The summed E-state index contributed by atoms with van der Waals surface area (Å²) < 4.78 is 0. The van der Waals surface area contributed by atoms with E-state index in [1.165, 1.54) is 0 Å². The van der Waals surface area contributed by atoms with Crippen molar-refractivity contribution in [1.82, 2.24) is 19.9 Å². The molecule has 0 aliphatic rings. The molecule has 0 radical (unpaired) electrons. The van der Waals surface area contributed by atoms with Crippen molar-refractivity contribution in [3.05, 3.63) is 41.7 Å². The van der Waals surface area contributed by atoms with Crippen molar-refractivity contribution in [2.24, 2.45) is 5.73 Å². The van der Waals surface area contributed by atoms with E-state index in [-0.39, 0.29) is 24.1 Å². The van der Waals surface area contributed by atoms with Gasteiger partial charge in [0.15, 0.2) is 17.0 Å². The summed E-state index contributed by atoms with van der Waals surface area (Å²) in [5, 5.41) is 3.21. The molecule has 0 bridgehead atoms. The number of amides is 1. The molecule has 7 N–H and O–H groups in total. The largest absolute Gasteiger partial charge is 0.382 e. The highest BCUT2D eigenvalue weighted by Gasteiger charge is 2.07. The van der Waals surface area contributed by atoms with E-state index in [9.17, 15) is 4.79 Å². The fraction of sp³-hybridized carbons (Fsp3) is 0.133. The average molecular weight is 324 g/mol. The summed E-state index contributed by atoms with van der Waals surface area (Å²) in [4.78, 5) is 27.3. The Bertz CT molecular complexity index is 894. The van der Waals surface area contributed by atoms with E-state index in [1.54, 1.807) is 6.20 Å². The summed E-state index contributed by atoms with van der Waals surface area (Å²) in [6.45, 7) is 0.446. The normalized spacial score (nSPS) is 10.7. The quantitative estimate of drug-likeness (QED) is 0.518. The Morgan fingerprint density at radius 1 is 1.08 bits per heavy atom. The molecule has 0 spiro atoms. The number of nitrogen functional groups attached to an aromatic ring is 2. The third-order valence-electron chi connectivity index (χ3n) is 3.31. The SMILES string of the molecule is NC(=O)Cc1ccc(NCc2cnc3nc(N)nc(N)c3n2)cc1. The highest BCUT2D eigenvalue weighted by Crippen LogP contribution is 2.16. The molecule has 0 saturated heterocycles. The average Bonchev–Trinajstić information content (AvgIpc) is 2.54. The number of primary amides is 1. The zero-order chi connectivity index (χ0) is 17.1. The summed E-state index contributed by atoms with van der Waals surface area (Å²) in [7, 11) is 0. The van der Waals surface area contributed by atoms with Gasteiger partial charge >= 0.3 is 0 Å². The van der Waals surface area contributed by atoms with Crippen LogP contribution in [-0.4, -0.2) is 25.8 Å². The predicted octanol–water partition coefficient (Wildman–Crippen LogP) is 0.224. The third kappa shape index (κ3) is 3.46. The molecule has 3 aromatic rings. The van der Waals surface area contributed by atoms with Crippen molar-refractivity contribution in [3.8, 4) is 0 Å². The number of hydrogen-bond acceptors (Lipinski definition) is 8. The first-order valence-electron chi connectivity index (χ1n) is 7.17. The minimum absolute atomic E-state index is 0.0659. The van der Waals surface area contributed by atoms with Crippen LogP contribution in [0.1, 0.15) is 11.3 Å². The van der Waals surface area contributed by atoms with Gasteiger partial charge < -0.3 is 22.5 Å². The molecule has 2 aromatic heterocycles. The molecule has 0 saturated carbocycles. The van der Waals surface area contributed by atoms with Gasteiger partial charge in [-0.15, -0.1) is 0 Å². The molecular formula is C15H16N8O. The Balaban J connectivity index is 1.72. The van der Waals surface area contributed by atoms with Crippen LogP contribution in [0.2, 0.25) is 0 Å². The number of benzene rings is 1. The van der Waals surface area contributed by atoms with Crippen molar-refractivity contribution < 1.29 is 4.79 Å². The minimum atomic E-state index is -0.359. The van der Waals surface area contributed by atoms with Crippen molar-refractivity contribution in [1.29, 1.82) is 0 Å². The van der Waals surface area contributed by atoms with Crippen LogP contribution in [0.15, 0.2) is 30.5 Å². The second-order valence-corrected chi connectivity index (χ2v) is 5.19. The van der Waals surface area contributed by atoms with Gasteiger partial charge in [0.05, 0.1) is 24.9 Å². The number of carbonyl (C=O) groups excluding carboxylic acids is 1. The second kappa shape index (κ2) is 6.32. The molecule has 0 aliphatic heterocycles. The molecule has 0 fully saturated rings. The van der Waals surface area contributed by atoms with Crippen LogP contribution < -0.4 is 22.5 Å². The molecule has 3 rings (SSSR count). The van der Waals surface area contributed by atoms with Gasteiger partial charge in [-0.2, -0.15) is 9.97 Å². The Kier molecular flexibility index (Phi) is 4.06. The van der Waals surface area contributed by atoms with Gasteiger partial charge in [-0.25, -0.2) is 9.97 Å². The Morgan fingerprint density at radius 2 is 1.83 bits per heavy atom. The molecule has 0 atom stereocenters. The van der Waals surface area contributed by atoms with Crippen LogP contribution in [0.4, 0.5) is 17.5 Å². The number of aromatic nitrogens is 4. The number of fused-ring (bicyclic) bond motifs is 1. The topological polar surface area (TPSA) is 159 Å². The van der Waals surface area contributed by atoms with Crippen LogP contribution >= 0.6 is 0 Å². The number of nitrogens with zero attached hydrogens (tertiary/aromatic N) is 4. The standard InChI is InChI=1S/C15H16N8O/c16-11(24)5-8-1-3-9(4-2-8)19-6-10-7-20-14-12(21-10)13(17)22-15(18)23-14/h1-4,7,19H,5-6H2,(H2,16,24)(H4,17,18,20,22,23). The van der Waals surface area contributed by atoms with Gasteiger partial charge in [0.25, 0.3) is 0 Å². The number of hydrogen-bond donors (Lipinski definition) is 4. The lowest BCUT2D eigenvalue weighted by atomic mass is 10.1. The molecule has 0 aliphatic carbocycles. The molecule has 0 unspecified atom stereocenters. The van der Waals surface area contributed by atoms with Crippen molar-refractivity contribution in [2.75, 3.05) is 16.8 Å². The zero-order valence-electron chi connectivity index (χ0n) is 12.7. The zero-order valence-corrected chi connectivity index (χ0v) is 12.7. The van der Waals surface area contributed by atoms with E-state index in [1.807, 2.05) is 24.3 Å². The molecule has 24 heavy (non-hydrogen) atoms. The first kappa shape index (κ1) is 15.4. The minimum Gasteiger partial charge on any atom is -0.382 e. The summed E-state index contributed by atoms with van der Waals surface area (Å²) in [6, 6.07) is 7.41. The summed E-state index contributed by atoms with van der Waals surface area (Å²) >= 11 is 0. The van der Waals surface area contributed by atoms with Crippen LogP contribution in [0, 0.1) is 0 Å². The van der Waals surface area contributed by atoms with Gasteiger partial charge in [-0.05, 0) is 17.7 Å². The van der Waals surface area contributed by atoms with Gasteiger partial charge in [-0.1, -0.05) is 12.1 Å². The monoisotopic (exact) mass is 324 g/mol. The van der Waals surface area contributed by atoms with Crippen LogP contribution in [0.25, 0.3) is 11.2 Å². The number of nitrogens with two attached hydrogens (primary N) is 3. The maximum Gasteiger partial charge on any atom is 0.224 e. The van der Waals surface area contributed by atoms with E-state index in [4.69, 9.17) is 17.2 Å².